The Kier molecular flexibility index (Phi) is 8.74. The first kappa shape index (κ1) is 29.8. The molecule has 0 unspecified atom stereocenters. The number of hydrogen-bond acceptors (Lipinski definition) is 5. The molecule has 0 aliphatic carbocycles. The SMILES string of the molecule is C[C@H](OCc1ccccc1)[C@@H](CCn1ccc2ccc(NC(=O)CCc3nc4ccccc4n3C)cc21)n1cnc(C(N)=O)c1. The lowest BCUT2D eigenvalue weighted by Crippen LogP contribution is -2.25. The van der Waals surface area contributed by atoms with Gasteiger partial charge in [0.1, 0.15) is 11.5 Å². The molecular weight excluding hydrogens is 566 g/mol. The van der Waals surface area contributed by atoms with Crippen molar-refractivity contribution < 1.29 is 14.3 Å². The first-order valence-corrected chi connectivity index (χ1v) is 15.1. The van der Waals surface area contributed by atoms with Gasteiger partial charge < -0.3 is 29.5 Å². The molecule has 0 saturated heterocycles. The Balaban J connectivity index is 1.13. The second-order valence-electron chi connectivity index (χ2n) is 11.3. The van der Waals surface area contributed by atoms with Crippen molar-refractivity contribution in [3.8, 4) is 0 Å². The highest BCUT2D eigenvalue weighted by molar-refractivity contribution is 5.94. The summed E-state index contributed by atoms with van der Waals surface area (Å²) in [5.74, 6) is 0.257. The molecule has 3 aromatic heterocycles. The fourth-order valence-corrected chi connectivity index (χ4v) is 5.78. The first-order valence-electron chi connectivity index (χ1n) is 15.1. The number of fused-ring (bicyclic) bond motifs is 2. The summed E-state index contributed by atoms with van der Waals surface area (Å²) in [6, 6.07) is 25.9. The Morgan fingerprint density at radius 2 is 1.80 bits per heavy atom. The quantitative estimate of drug-likeness (QED) is 0.177. The van der Waals surface area contributed by atoms with Crippen LogP contribution in [0.25, 0.3) is 21.9 Å². The van der Waals surface area contributed by atoms with Crippen molar-refractivity contribution in [1.82, 2.24) is 23.7 Å². The van der Waals surface area contributed by atoms with E-state index >= 15 is 0 Å². The highest BCUT2D eigenvalue weighted by Crippen LogP contribution is 2.26. The predicted molar refractivity (Wildman–Crippen MR) is 175 cm³/mol. The molecule has 0 bridgehead atoms. The van der Waals surface area contributed by atoms with Gasteiger partial charge in [0.2, 0.25) is 5.91 Å². The van der Waals surface area contributed by atoms with Crippen LogP contribution in [-0.4, -0.2) is 41.6 Å². The van der Waals surface area contributed by atoms with E-state index < -0.39 is 5.91 Å². The number of rotatable bonds is 13. The average molecular weight is 604 g/mol. The van der Waals surface area contributed by atoms with Gasteiger partial charge in [0, 0.05) is 44.5 Å². The Bertz CT molecular complexity index is 1940. The summed E-state index contributed by atoms with van der Waals surface area (Å²) in [6.07, 6.45) is 6.80. The lowest BCUT2D eigenvalue weighted by Gasteiger charge is -2.26. The summed E-state index contributed by atoms with van der Waals surface area (Å²) < 4.78 is 12.4. The van der Waals surface area contributed by atoms with E-state index in [9.17, 15) is 9.59 Å². The molecule has 0 spiro atoms. The molecule has 45 heavy (non-hydrogen) atoms. The number of nitrogens with one attached hydrogen (secondary N) is 1. The smallest absolute Gasteiger partial charge is 0.268 e. The van der Waals surface area contributed by atoms with Crippen LogP contribution in [0.15, 0.2) is 97.6 Å². The van der Waals surface area contributed by atoms with E-state index in [2.05, 4.69) is 32.1 Å². The van der Waals surface area contributed by atoms with Crippen molar-refractivity contribution in [1.29, 1.82) is 0 Å². The lowest BCUT2D eigenvalue weighted by molar-refractivity contribution is -0.116. The highest BCUT2D eigenvalue weighted by Gasteiger charge is 2.22. The van der Waals surface area contributed by atoms with E-state index in [1.807, 2.05) is 95.9 Å². The maximum absolute atomic E-state index is 12.9. The molecule has 0 fully saturated rings. The van der Waals surface area contributed by atoms with E-state index in [4.69, 9.17) is 10.5 Å². The average Bonchev–Trinajstić information content (AvgIpc) is 3.78. The minimum atomic E-state index is -0.565. The van der Waals surface area contributed by atoms with Crippen molar-refractivity contribution in [3.05, 3.63) is 115 Å². The summed E-state index contributed by atoms with van der Waals surface area (Å²) in [5, 5.41) is 4.14. The van der Waals surface area contributed by atoms with Gasteiger partial charge in [-0.1, -0.05) is 48.5 Å². The van der Waals surface area contributed by atoms with Gasteiger partial charge in [-0.15, -0.1) is 0 Å². The molecule has 230 valence electrons. The van der Waals surface area contributed by atoms with Crippen molar-refractivity contribution >= 4 is 39.4 Å². The van der Waals surface area contributed by atoms with Crippen LogP contribution in [-0.2, 0) is 36.2 Å². The standard InChI is InChI=1S/C35H37N7O3/c1-24(45-22-25-8-4-3-5-9-25)30(42-21-29(35(36)44)37-23-42)17-19-41-18-16-26-12-13-27(20-32(26)41)38-34(43)15-14-33-39-28-10-6-7-11-31(28)40(33)2/h3-13,16,18,20-21,23-24,30H,14-15,17,19,22H2,1-2H3,(H2,36,44)(H,38,43)/t24-,30+/m0/s1. The number of anilines is 1. The molecule has 3 aromatic carbocycles. The maximum Gasteiger partial charge on any atom is 0.268 e. The maximum atomic E-state index is 12.9. The van der Waals surface area contributed by atoms with Gasteiger partial charge in [0.25, 0.3) is 5.91 Å². The predicted octanol–water partition coefficient (Wildman–Crippen LogP) is 5.63. The number of primary amides is 1. The number of ether oxygens (including phenoxy) is 1. The third kappa shape index (κ3) is 6.81. The summed E-state index contributed by atoms with van der Waals surface area (Å²) >= 11 is 0. The molecule has 3 heterocycles. The van der Waals surface area contributed by atoms with Crippen LogP contribution >= 0.6 is 0 Å². The topological polar surface area (TPSA) is 122 Å². The van der Waals surface area contributed by atoms with Gasteiger partial charge in [-0.2, -0.15) is 0 Å². The van der Waals surface area contributed by atoms with Crippen LogP contribution in [0.3, 0.4) is 0 Å². The van der Waals surface area contributed by atoms with Gasteiger partial charge in [-0.25, -0.2) is 9.97 Å². The molecule has 2 amide bonds. The second-order valence-corrected chi connectivity index (χ2v) is 11.3. The minimum Gasteiger partial charge on any atom is -0.372 e. The second kappa shape index (κ2) is 13.2. The van der Waals surface area contributed by atoms with Crippen molar-refractivity contribution in [2.75, 3.05) is 5.32 Å². The molecule has 0 aliphatic heterocycles. The zero-order chi connectivity index (χ0) is 31.3. The summed E-state index contributed by atoms with van der Waals surface area (Å²) in [7, 11) is 1.98. The number of imidazole rings is 2. The van der Waals surface area contributed by atoms with E-state index in [1.54, 1.807) is 12.5 Å². The van der Waals surface area contributed by atoms with Crippen molar-refractivity contribution in [2.24, 2.45) is 12.8 Å². The third-order valence-corrected chi connectivity index (χ3v) is 8.31. The third-order valence-electron chi connectivity index (χ3n) is 8.31. The summed E-state index contributed by atoms with van der Waals surface area (Å²) in [4.78, 5) is 33.6. The fourth-order valence-electron chi connectivity index (χ4n) is 5.78. The largest absolute Gasteiger partial charge is 0.372 e. The summed E-state index contributed by atoms with van der Waals surface area (Å²) in [6.45, 7) is 3.19. The Hall–Kier alpha value is -5.22. The van der Waals surface area contributed by atoms with Crippen LogP contribution in [0.1, 0.15) is 47.7 Å². The Morgan fingerprint density at radius 3 is 2.58 bits per heavy atom. The number of benzene rings is 3. The van der Waals surface area contributed by atoms with E-state index in [1.165, 1.54) is 0 Å². The van der Waals surface area contributed by atoms with Gasteiger partial charge in [0.05, 0.1) is 41.6 Å². The van der Waals surface area contributed by atoms with Crippen molar-refractivity contribution in [2.45, 2.75) is 51.5 Å². The summed E-state index contributed by atoms with van der Waals surface area (Å²) in [5.41, 5.74) is 10.5. The molecule has 0 aliphatic rings. The molecule has 6 aromatic rings. The highest BCUT2D eigenvalue weighted by atomic mass is 16.5. The molecule has 6 rings (SSSR count). The number of aromatic nitrogens is 5. The molecular formula is C35H37N7O3. The van der Waals surface area contributed by atoms with Crippen LogP contribution in [0.5, 0.6) is 0 Å². The zero-order valence-corrected chi connectivity index (χ0v) is 25.5. The van der Waals surface area contributed by atoms with Gasteiger partial charge >= 0.3 is 0 Å². The number of carbonyl (C=O) groups excluding carboxylic acids is 2. The minimum absolute atomic E-state index is 0.0608. The van der Waals surface area contributed by atoms with Gasteiger partial charge in [-0.05, 0) is 54.6 Å². The number of hydrogen-bond donors (Lipinski definition) is 2. The van der Waals surface area contributed by atoms with Crippen molar-refractivity contribution in [3.63, 3.8) is 0 Å². The fraction of sp³-hybridized carbons (Fsp3) is 0.257. The number of amides is 2. The monoisotopic (exact) mass is 603 g/mol. The van der Waals surface area contributed by atoms with Crippen LogP contribution < -0.4 is 11.1 Å². The molecule has 0 saturated carbocycles. The Morgan fingerprint density at radius 1 is 1.00 bits per heavy atom. The normalized spacial score (nSPS) is 12.8. The van der Waals surface area contributed by atoms with Gasteiger partial charge in [0.15, 0.2) is 0 Å². The number of carbonyl (C=O) groups is 2. The van der Waals surface area contributed by atoms with E-state index in [0.29, 0.717) is 32.4 Å². The number of nitrogens with zero attached hydrogens (tertiary/aromatic N) is 5. The van der Waals surface area contributed by atoms with Crippen LogP contribution in [0.4, 0.5) is 5.69 Å². The molecule has 2 atom stereocenters. The first-order chi connectivity index (χ1) is 21.9. The molecule has 10 nitrogen and oxygen atoms in total. The molecule has 10 heteroatoms. The van der Waals surface area contributed by atoms with E-state index in [0.717, 1.165) is 39.0 Å². The molecule has 3 N–H and O–H groups in total. The van der Waals surface area contributed by atoms with Crippen LogP contribution in [0.2, 0.25) is 0 Å². The van der Waals surface area contributed by atoms with E-state index in [-0.39, 0.29) is 23.7 Å². The number of nitrogens with two attached hydrogens (primary N) is 1. The van der Waals surface area contributed by atoms with Gasteiger partial charge in [-0.3, -0.25) is 9.59 Å². The molecule has 0 radical (unpaired) electrons. The Labute approximate surface area is 261 Å². The number of aryl methyl sites for hydroxylation is 3. The zero-order valence-electron chi connectivity index (χ0n) is 25.5. The lowest BCUT2D eigenvalue weighted by atomic mass is 10.1. The van der Waals surface area contributed by atoms with Crippen LogP contribution in [0, 0.1) is 0 Å². The number of para-hydroxylation sites is 2.